The first-order valence-corrected chi connectivity index (χ1v) is 10.3. The summed E-state index contributed by atoms with van der Waals surface area (Å²) in [6, 6.07) is 15.0. The van der Waals surface area contributed by atoms with Crippen LogP contribution in [0.2, 0.25) is 0 Å². The Morgan fingerprint density at radius 3 is 2.47 bits per heavy atom. The maximum Gasteiger partial charge on any atom is 0.253 e. The molecular weight excluding hydrogens is 408 g/mol. The van der Waals surface area contributed by atoms with Gasteiger partial charge in [-0.15, -0.1) is 0 Å². The Morgan fingerprint density at radius 2 is 1.81 bits per heavy atom. The number of hydrogen-bond donors (Lipinski definition) is 0. The molecule has 0 radical (unpaired) electrons. The van der Waals surface area contributed by atoms with Gasteiger partial charge in [-0.3, -0.25) is 4.79 Å². The van der Waals surface area contributed by atoms with Crippen molar-refractivity contribution in [1.29, 1.82) is 5.26 Å². The number of rotatable bonds is 5. The molecule has 0 bridgehead atoms. The molecule has 4 rings (SSSR count). The predicted octanol–water partition coefficient (Wildman–Crippen LogP) is 3.50. The topological polar surface area (TPSA) is 91.8 Å². The van der Waals surface area contributed by atoms with Gasteiger partial charge in [0.25, 0.3) is 5.91 Å². The molecule has 0 spiro atoms. The summed E-state index contributed by atoms with van der Waals surface area (Å²) in [5.74, 6) is 1.90. The number of hydrogen-bond acceptors (Lipinski definition) is 7. The van der Waals surface area contributed by atoms with Gasteiger partial charge >= 0.3 is 0 Å². The monoisotopic (exact) mass is 432 g/mol. The molecule has 8 heteroatoms. The van der Waals surface area contributed by atoms with Crippen LogP contribution in [0.15, 0.2) is 46.9 Å². The smallest absolute Gasteiger partial charge is 0.253 e. The molecule has 32 heavy (non-hydrogen) atoms. The summed E-state index contributed by atoms with van der Waals surface area (Å²) in [5.41, 5.74) is 2.64. The molecule has 164 valence electrons. The molecule has 0 N–H and O–H groups in total. The Hall–Kier alpha value is -3.99. The second kappa shape index (κ2) is 9.02. The minimum atomic E-state index is 0.0115. The lowest BCUT2D eigenvalue weighted by Crippen LogP contribution is -2.48. The van der Waals surface area contributed by atoms with Crippen molar-refractivity contribution < 1.29 is 18.7 Å². The van der Waals surface area contributed by atoms with Gasteiger partial charge in [0.15, 0.2) is 11.5 Å². The Balaban J connectivity index is 1.51. The van der Waals surface area contributed by atoms with Crippen molar-refractivity contribution in [3.05, 3.63) is 59.3 Å². The number of oxazole rings is 1. The summed E-state index contributed by atoms with van der Waals surface area (Å²) in [6.45, 7) is 4.13. The van der Waals surface area contributed by atoms with Crippen molar-refractivity contribution in [2.75, 3.05) is 45.3 Å². The standard InChI is InChI=1S/C24H24N4O4/c1-16-5-4-6-18(13-16)23(29)27-9-11-28(12-10-27)24-19(15-25)26-22(32-24)17-7-8-20(30-2)21(14-17)31-3/h4-8,13-14H,9-12H2,1-3H3. The van der Waals surface area contributed by atoms with Gasteiger partial charge in [-0.1, -0.05) is 17.7 Å². The largest absolute Gasteiger partial charge is 0.493 e. The highest BCUT2D eigenvalue weighted by molar-refractivity contribution is 5.94. The van der Waals surface area contributed by atoms with Crippen LogP contribution in [0.4, 0.5) is 5.88 Å². The Morgan fingerprint density at radius 1 is 1.06 bits per heavy atom. The number of anilines is 1. The van der Waals surface area contributed by atoms with Crippen LogP contribution in [0.1, 0.15) is 21.6 Å². The van der Waals surface area contributed by atoms with Gasteiger partial charge in [0.05, 0.1) is 14.2 Å². The van der Waals surface area contributed by atoms with E-state index in [1.165, 1.54) is 0 Å². The predicted molar refractivity (Wildman–Crippen MR) is 119 cm³/mol. The fourth-order valence-corrected chi connectivity index (χ4v) is 3.77. The van der Waals surface area contributed by atoms with Crippen LogP contribution >= 0.6 is 0 Å². The van der Waals surface area contributed by atoms with Gasteiger partial charge in [0.2, 0.25) is 17.5 Å². The average molecular weight is 432 g/mol. The Labute approximate surface area is 186 Å². The van der Waals surface area contributed by atoms with E-state index in [-0.39, 0.29) is 11.6 Å². The van der Waals surface area contributed by atoms with Crippen LogP contribution < -0.4 is 14.4 Å². The molecule has 1 saturated heterocycles. The molecule has 8 nitrogen and oxygen atoms in total. The molecular formula is C24H24N4O4. The quantitative estimate of drug-likeness (QED) is 0.609. The molecule has 1 amide bonds. The van der Waals surface area contributed by atoms with Crippen LogP contribution in [0.25, 0.3) is 11.5 Å². The van der Waals surface area contributed by atoms with E-state index in [1.807, 2.05) is 41.0 Å². The lowest BCUT2D eigenvalue weighted by atomic mass is 10.1. The third-order valence-electron chi connectivity index (χ3n) is 5.46. The van der Waals surface area contributed by atoms with E-state index in [2.05, 4.69) is 11.1 Å². The summed E-state index contributed by atoms with van der Waals surface area (Å²) < 4.78 is 16.6. The molecule has 0 aliphatic carbocycles. The highest BCUT2D eigenvalue weighted by atomic mass is 16.5. The average Bonchev–Trinajstić information content (AvgIpc) is 3.27. The number of carbonyl (C=O) groups is 1. The number of benzene rings is 2. The van der Waals surface area contributed by atoms with E-state index in [9.17, 15) is 10.1 Å². The lowest BCUT2D eigenvalue weighted by molar-refractivity contribution is 0.0745. The van der Waals surface area contributed by atoms with Gasteiger partial charge in [-0.2, -0.15) is 10.2 Å². The van der Waals surface area contributed by atoms with Crippen LogP contribution in [0.3, 0.4) is 0 Å². The summed E-state index contributed by atoms with van der Waals surface area (Å²) in [7, 11) is 3.12. The molecule has 0 saturated carbocycles. The molecule has 2 aromatic carbocycles. The molecule has 1 aromatic heterocycles. The van der Waals surface area contributed by atoms with Crippen molar-refractivity contribution in [2.45, 2.75) is 6.92 Å². The highest BCUT2D eigenvalue weighted by Crippen LogP contribution is 2.34. The van der Waals surface area contributed by atoms with Gasteiger partial charge in [0.1, 0.15) is 6.07 Å². The fourth-order valence-electron chi connectivity index (χ4n) is 3.77. The van der Waals surface area contributed by atoms with E-state index in [0.717, 1.165) is 5.56 Å². The molecule has 1 aliphatic heterocycles. The van der Waals surface area contributed by atoms with Crippen molar-refractivity contribution in [3.8, 4) is 29.0 Å². The number of aryl methyl sites for hydroxylation is 1. The maximum absolute atomic E-state index is 12.8. The lowest BCUT2D eigenvalue weighted by Gasteiger charge is -2.34. The number of nitrogens with zero attached hydrogens (tertiary/aromatic N) is 4. The molecule has 2 heterocycles. The normalized spacial score (nSPS) is 13.6. The SMILES string of the molecule is COc1ccc(-c2nc(C#N)c(N3CCN(C(=O)c4cccc(C)c4)CC3)o2)cc1OC. The summed E-state index contributed by atoms with van der Waals surface area (Å²) in [5, 5.41) is 9.60. The molecule has 0 atom stereocenters. The zero-order valence-corrected chi connectivity index (χ0v) is 18.3. The first kappa shape index (κ1) is 21.2. The van der Waals surface area contributed by atoms with Crippen molar-refractivity contribution >= 4 is 11.8 Å². The number of carbonyl (C=O) groups excluding carboxylic acids is 1. The van der Waals surface area contributed by atoms with Crippen LogP contribution in [-0.2, 0) is 0 Å². The molecule has 1 fully saturated rings. The fraction of sp³-hybridized carbons (Fsp3) is 0.292. The third-order valence-corrected chi connectivity index (χ3v) is 5.46. The Bertz CT molecular complexity index is 1170. The Kier molecular flexibility index (Phi) is 5.99. The minimum Gasteiger partial charge on any atom is -0.493 e. The van der Waals surface area contributed by atoms with Gasteiger partial charge < -0.3 is 23.7 Å². The molecule has 3 aromatic rings. The number of nitriles is 1. The van der Waals surface area contributed by atoms with Crippen molar-refractivity contribution in [3.63, 3.8) is 0 Å². The van der Waals surface area contributed by atoms with Gasteiger partial charge in [0, 0.05) is 37.3 Å². The number of aromatic nitrogens is 1. The number of amides is 1. The third kappa shape index (κ3) is 4.10. The minimum absolute atomic E-state index is 0.0115. The first-order chi connectivity index (χ1) is 15.5. The van der Waals surface area contributed by atoms with Crippen LogP contribution in [-0.4, -0.2) is 56.2 Å². The number of piperazine rings is 1. The zero-order chi connectivity index (χ0) is 22.7. The highest BCUT2D eigenvalue weighted by Gasteiger charge is 2.27. The summed E-state index contributed by atoms with van der Waals surface area (Å²) >= 11 is 0. The number of methoxy groups -OCH3 is 2. The van der Waals surface area contributed by atoms with E-state index in [0.29, 0.717) is 60.6 Å². The first-order valence-electron chi connectivity index (χ1n) is 10.3. The van der Waals surface area contributed by atoms with E-state index >= 15 is 0 Å². The van der Waals surface area contributed by atoms with Crippen LogP contribution in [0.5, 0.6) is 11.5 Å². The van der Waals surface area contributed by atoms with Crippen LogP contribution in [0, 0.1) is 18.3 Å². The number of ether oxygens (including phenoxy) is 2. The van der Waals surface area contributed by atoms with Crippen molar-refractivity contribution in [2.24, 2.45) is 0 Å². The summed E-state index contributed by atoms with van der Waals surface area (Å²) in [4.78, 5) is 21.0. The molecule has 0 unspecified atom stereocenters. The second-order valence-corrected chi connectivity index (χ2v) is 7.50. The van der Waals surface area contributed by atoms with Crippen molar-refractivity contribution in [1.82, 2.24) is 9.88 Å². The molecule has 1 aliphatic rings. The summed E-state index contributed by atoms with van der Waals surface area (Å²) in [6.07, 6.45) is 0. The zero-order valence-electron chi connectivity index (χ0n) is 18.3. The second-order valence-electron chi connectivity index (χ2n) is 7.50. The van der Waals surface area contributed by atoms with Gasteiger partial charge in [-0.25, -0.2) is 0 Å². The van der Waals surface area contributed by atoms with E-state index < -0.39 is 0 Å². The maximum atomic E-state index is 12.8. The van der Waals surface area contributed by atoms with E-state index in [4.69, 9.17) is 13.9 Å². The van der Waals surface area contributed by atoms with Gasteiger partial charge in [-0.05, 0) is 37.3 Å². The van der Waals surface area contributed by atoms with E-state index in [1.54, 1.807) is 32.4 Å².